The van der Waals surface area contributed by atoms with Crippen molar-refractivity contribution in [3.63, 3.8) is 0 Å². The van der Waals surface area contributed by atoms with Crippen molar-refractivity contribution in [3.05, 3.63) is 65.7 Å². The molecule has 2 aromatic heterocycles. The molecular formula is C24H26ClF3N6O3S. The summed E-state index contributed by atoms with van der Waals surface area (Å²) in [6, 6.07) is 12.6. The summed E-state index contributed by atoms with van der Waals surface area (Å²) in [4.78, 5) is 23.5. The van der Waals surface area contributed by atoms with E-state index in [2.05, 4.69) is 14.7 Å². The van der Waals surface area contributed by atoms with E-state index in [-0.39, 0.29) is 47.0 Å². The van der Waals surface area contributed by atoms with Crippen molar-refractivity contribution >= 4 is 40.0 Å². The summed E-state index contributed by atoms with van der Waals surface area (Å²) in [6.07, 6.45) is -4.68. The second-order valence-electron chi connectivity index (χ2n) is 8.42. The van der Waals surface area contributed by atoms with Crippen LogP contribution in [0.15, 0.2) is 59.6 Å². The minimum atomic E-state index is -4.68. The molecule has 0 bridgehead atoms. The Labute approximate surface area is 224 Å². The summed E-state index contributed by atoms with van der Waals surface area (Å²) < 4.78 is 69.5. The first-order valence-electron chi connectivity index (χ1n) is 11.4. The van der Waals surface area contributed by atoms with Gasteiger partial charge < -0.3 is 15.5 Å². The summed E-state index contributed by atoms with van der Waals surface area (Å²) in [5, 5.41) is -0.315. The van der Waals surface area contributed by atoms with Crippen LogP contribution in [-0.2, 0) is 21.0 Å². The molecule has 3 heterocycles. The number of aromatic nitrogens is 2. The Bertz CT molecular complexity index is 1410. The number of amides is 1. The third-order valence-corrected chi connectivity index (χ3v) is 7.21. The van der Waals surface area contributed by atoms with Gasteiger partial charge in [0.1, 0.15) is 11.6 Å². The van der Waals surface area contributed by atoms with E-state index in [1.54, 1.807) is 36.1 Å². The summed E-state index contributed by atoms with van der Waals surface area (Å²) in [6.45, 7) is 3.29. The van der Waals surface area contributed by atoms with Crippen LogP contribution in [0.1, 0.15) is 11.1 Å². The number of halogens is 4. The van der Waals surface area contributed by atoms with Crippen LogP contribution in [0.2, 0.25) is 0 Å². The van der Waals surface area contributed by atoms with Gasteiger partial charge in [-0.15, -0.1) is 12.4 Å². The van der Waals surface area contributed by atoms with Gasteiger partial charge in [-0.1, -0.05) is 30.3 Å². The third kappa shape index (κ3) is 6.34. The molecule has 1 fully saturated rings. The molecule has 0 spiro atoms. The third-order valence-electron chi connectivity index (χ3n) is 5.95. The maximum absolute atomic E-state index is 13.7. The first-order valence-corrected chi connectivity index (χ1v) is 12.8. The Balaban J connectivity index is 0.00000400. The molecular weight excluding hydrogens is 545 g/mol. The summed E-state index contributed by atoms with van der Waals surface area (Å²) in [7, 11) is -4.27. The zero-order valence-electron chi connectivity index (χ0n) is 20.3. The number of sulfonamides is 1. The van der Waals surface area contributed by atoms with Gasteiger partial charge in [0.05, 0.1) is 17.8 Å². The van der Waals surface area contributed by atoms with Crippen molar-refractivity contribution in [1.82, 2.24) is 14.9 Å². The fourth-order valence-electron chi connectivity index (χ4n) is 4.02. The summed E-state index contributed by atoms with van der Waals surface area (Å²) in [5.41, 5.74) is 4.85. The number of hydrogen-bond donors (Lipinski definition) is 2. The number of nitrogens with zero attached hydrogens (tertiary/aromatic N) is 4. The Morgan fingerprint density at radius 2 is 1.68 bits per heavy atom. The number of alkyl halides is 3. The second kappa shape index (κ2) is 11.5. The number of aryl methyl sites for hydroxylation is 1. The van der Waals surface area contributed by atoms with Crippen LogP contribution >= 0.6 is 12.4 Å². The van der Waals surface area contributed by atoms with Gasteiger partial charge >= 0.3 is 6.18 Å². The van der Waals surface area contributed by atoms with E-state index in [9.17, 15) is 26.4 Å². The molecule has 3 N–H and O–H groups in total. The van der Waals surface area contributed by atoms with E-state index in [1.165, 1.54) is 18.2 Å². The van der Waals surface area contributed by atoms with Crippen LogP contribution < -0.4 is 15.4 Å². The average Bonchev–Trinajstić information content (AvgIpc) is 2.88. The van der Waals surface area contributed by atoms with E-state index in [0.717, 1.165) is 12.1 Å². The van der Waals surface area contributed by atoms with Gasteiger partial charge in [-0.05, 0) is 36.8 Å². The fraction of sp³-hybridized carbons (Fsp3) is 0.292. The standard InChI is InChI=1S/C24H25F3N6O3S.ClH/c1-16-5-2-3-6-17(16)23-18(24(25,26)27)9-10-19(29-23)31-37(35,36)21-8-4-7-20(30-21)32-11-13-33(14-12-32)22(34)15-28;/h2-10H,11-15,28H2,1H3,(H,29,31);1H. The average molecular weight is 571 g/mol. The van der Waals surface area contributed by atoms with Crippen molar-refractivity contribution < 1.29 is 26.4 Å². The van der Waals surface area contributed by atoms with Gasteiger partial charge in [0.2, 0.25) is 5.91 Å². The molecule has 1 amide bonds. The number of rotatable bonds is 6. The number of carbonyl (C=O) groups is 1. The Hall–Kier alpha value is -3.42. The SMILES string of the molecule is Cc1ccccc1-c1nc(NS(=O)(=O)c2cccc(N3CCN(C(=O)CN)CC3)n2)ccc1C(F)(F)F.Cl. The molecule has 4 rings (SSSR count). The number of nitrogens with one attached hydrogen (secondary N) is 1. The van der Waals surface area contributed by atoms with Crippen LogP contribution in [0, 0.1) is 6.92 Å². The van der Waals surface area contributed by atoms with Gasteiger partial charge in [0, 0.05) is 31.7 Å². The number of hydrogen-bond acceptors (Lipinski definition) is 7. The van der Waals surface area contributed by atoms with E-state index in [0.29, 0.717) is 37.6 Å². The van der Waals surface area contributed by atoms with E-state index >= 15 is 0 Å². The molecule has 0 aliphatic carbocycles. The quantitative estimate of drug-likeness (QED) is 0.466. The molecule has 1 aliphatic heterocycles. The monoisotopic (exact) mass is 570 g/mol. The van der Waals surface area contributed by atoms with Crippen molar-refractivity contribution in [2.24, 2.45) is 5.73 Å². The fourth-order valence-corrected chi connectivity index (χ4v) is 4.99. The van der Waals surface area contributed by atoms with E-state index in [4.69, 9.17) is 5.73 Å². The number of anilines is 2. The lowest BCUT2D eigenvalue weighted by atomic mass is 10.0. The van der Waals surface area contributed by atoms with Gasteiger partial charge in [0.15, 0.2) is 5.03 Å². The smallest absolute Gasteiger partial charge is 0.353 e. The van der Waals surface area contributed by atoms with Crippen LogP contribution in [-0.4, -0.2) is 61.9 Å². The van der Waals surface area contributed by atoms with Gasteiger partial charge in [-0.25, -0.2) is 9.97 Å². The van der Waals surface area contributed by atoms with E-state index < -0.39 is 21.8 Å². The lowest BCUT2D eigenvalue weighted by molar-refractivity contribution is -0.137. The molecule has 14 heteroatoms. The Kier molecular flexibility index (Phi) is 8.85. The lowest BCUT2D eigenvalue weighted by Gasteiger charge is -2.35. The molecule has 0 radical (unpaired) electrons. The number of benzene rings is 1. The van der Waals surface area contributed by atoms with Crippen molar-refractivity contribution in [1.29, 1.82) is 0 Å². The minimum Gasteiger partial charge on any atom is -0.353 e. The van der Waals surface area contributed by atoms with Gasteiger partial charge in [0.25, 0.3) is 10.0 Å². The highest BCUT2D eigenvalue weighted by atomic mass is 35.5. The zero-order chi connectivity index (χ0) is 26.8. The van der Waals surface area contributed by atoms with Crippen LogP contribution in [0.3, 0.4) is 0 Å². The molecule has 0 unspecified atom stereocenters. The molecule has 1 aromatic carbocycles. The zero-order valence-corrected chi connectivity index (χ0v) is 21.9. The van der Waals surface area contributed by atoms with Crippen LogP contribution in [0.4, 0.5) is 24.8 Å². The second-order valence-corrected chi connectivity index (χ2v) is 10.0. The molecule has 0 saturated carbocycles. The molecule has 1 saturated heterocycles. The summed E-state index contributed by atoms with van der Waals surface area (Å²) >= 11 is 0. The Morgan fingerprint density at radius 1 is 1.00 bits per heavy atom. The highest BCUT2D eigenvalue weighted by Gasteiger charge is 2.35. The van der Waals surface area contributed by atoms with Crippen molar-refractivity contribution in [2.45, 2.75) is 18.1 Å². The maximum Gasteiger partial charge on any atom is 0.418 e. The number of piperazine rings is 1. The van der Waals surface area contributed by atoms with E-state index in [1.807, 2.05) is 4.90 Å². The number of carbonyl (C=O) groups excluding carboxylic acids is 1. The summed E-state index contributed by atoms with van der Waals surface area (Å²) in [5.74, 6) is -0.0432. The normalized spacial score (nSPS) is 14.1. The highest BCUT2D eigenvalue weighted by Crippen LogP contribution is 2.38. The maximum atomic E-state index is 13.7. The van der Waals surface area contributed by atoms with Crippen LogP contribution in [0.5, 0.6) is 0 Å². The molecule has 9 nitrogen and oxygen atoms in total. The predicted octanol–water partition coefficient (Wildman–Crippen LogP) is 3.30. The molecule has 0 atom stereocenters. The first kappa shape index (κ1) is 29.1. The minimum absolute atomic E-state index is 0. The van der Waals surface area contributed by atoms with Crippen molar-refractivity contribution in [3.8, 4) is 11.3 Å². The van der Waals surface area contributed by atoms with Gasteiger partial charge in [-0.2, -0.15) is 21.6 Å². The number of nitrogens with two attached hydrogens (primary N) is 1. The number of pyridine rings is 2. The predicted molar refractivity (Wildman–Crippen MR) is 140 cm³/mol. The molecule has 204 valence electrons. The Morgan fingerprint density at radius 3 is 2.32 bits per heavy atom. The van der Waals surface area contributed by atoms with Crippen LogP contribution in [0.25, 0.3) is 11.3 Å². The molecule has 38 heavy (non-hydrogen) atoms. The largest absolute Gasteiger partial charge is 0.418 e. The highest BCUT2D eigenvalue weighted by molar-refractivity contribution is 7.92. The molecule has 3 aromatic rings. The molecule has 1 aliphatic rings. The van der Waals surface area contributed by atoms with Gasteiger partial charge in [-0.3, -0.25) is 9.52 Å². The van der Waals surface area contributed by atoms with Crippen molar-refractivity contribution in [2.75, 3.05) is 42.3 Å². The lowest BCUT2D eigenvalue weighted by Crippen LogP contribution is -2.50. The first-order chi connectivity index (χ1) is 17.5. The topological polar surface area (TPSA) is 122 Å².